The first-order valence-corrected chi connectivity index (χ1v) is 10.2. The van der Waals surface area contributed by atoms with Crippen LogP contribution in [-0.4, -0.2) is 53.1 Å². The molecule has 2 unspecified atom stereocenters. The van der Waals surface area contributed by atoms with Crippen LogP contribution in [0.25, 0.3) is 0 Å². The lowest BCUT2D eigenvalue weighted by Crippen LogP contribution is -2.49. The van der Waals surface area contributed by atoms with Crippen LogP contribution < -0.4 is 10.6 Å². The topological polar surface area (TPSA) is 76.4 Å². The lowest BCUT2D eigenvalue weighted by atomic mass is 9.88. The molecule has 28 heavy (non-hydrogen) atoms. The Balaban J connectivity index is 1.63. The van der Waals surface area contributed by atoms with Gasteiger partial charge in [0.25, 0.3) is 0 Å². The van der Waals surface area contributed by atoms with Gasteiger partial charge in [-0.25, -0.2) is 0 Å². The number of hydrogen-bond acceptors (Lipinski definition) is 4. The summed E-state index contributed by atoms with van der Waals surface area (Å²) in [4.78, 5) is 4.81. The molecular weight excluding hydrogens is 352 g/mol. The Bertz CT molecular complexity index is 772. The number of rotatable bonds is 8. The predicted molar refractivity (Wildman–Crippen MR) is 112 cm³/mol. The molecule has 2 aromatic rings. The van der Waals surface area contributed by atoms with Gasteiger partial charge in [-0.2, -0.15) is 0 Å². The Kier molecular flexibility index (Phi) is 7.42. The van der Waals surface area contributed by atoms with E-state index in [4.69, 9.17) is 9.73 Å². The van der Waals surface area contributed by atoms with E-state index in [1.165, 1.54) is 11.1 Å². The molecule has 0 saturated carbocycles. The molecule has 1 aliphatic rings. The molecule has 3 rings (SSSR count). The molecule has 0 radical (unpaired) electrons. The minimum atomic E-state index is 0.188. The van der Waals surface area contributed by atoms with Gasteiger partial charge in [0.2, 0.25) is 0 Å². The highest BCUT2D eigenvalue weighted by atomic mass is 16.5. The molecule has 1 aliphatic carbocycles. The van der Waals surface area contributed by atoms with Gasteiger partial charge in [-0.15, -0.1) is 10.2 Å². The van der Waals surface area contributed by atoms with E-state index in [9.17, 15) is 0 Å². The Labute approximate surface area is 167 Å². The van der Waals surface area contributed by atoms with Crippen molar-refractivity contribution in [2.45, 2.75) is 58.2 Å². The molecule has 152 valence electrons. The number of guanidine groups is 1. The number of aryl methyl sites for hydroxylation is 2. The van der Waals surface area contributed by atoms with Crippen molar-refractivity contribution < 1.29 is 4.74 Å². The van der Waals surface area contributed by atoms with Gasteiger partial charge < -0.3 is 19.9 Å². The van der Waals surface area contributed by atoms with Crippen LogP contribution in [0.4, 0.5) is 0 Å². The van der Waals surface area contributed by atoms with Crippen LogP contribution in [0.1, 0.15) is 37.2 Å². The largest absolute Gasteiger partial charge is 0.383 e. The number of fused-ring (bicyclic) bond motifs is 1. The van der Waals surface area contributed by atoms with Crippen molar-refractivity contribution >= 4 is 5.96 Å². The summed E-state index contributed by atoms with van der Waals surface area (Å²) in [6.07, 6.45) is 5.90. The van der Waals surface area contributed by atoms with Crippen LogP contribution in [0.15, 0.2) is 35.6 Å². The predicted octanol–water partition coefficient (Wildman–Crippen LogP) is 1.97. The summed E-state index contributed by atoms with van der Waals surface area (Å²) in [6.45, 7) is 6.27. The van der Waals surface area contributed by atoms with Gasteiger partial charge in [-0.3, -0.25) is 4.99 Å². The van der Waals surface area contributed by atoms with E-state index in [0.717, 1.165) is 44.0 Å². The van der Waals surface area contributed by atoms with Crippen molar-refractivity contribution in [3.05, 3.63) is 47.5 Å². The van der Waals surface area contributed by atoms with Gasteiger partial charge in [0.1, 0.15) is 12.2 Å². The highest BCUT2D eigenvalue weighted by Gasteiger charge is 2.19. The third-order valence-corrected chi connectivity index (χ3v) is 5.11. The van der Waals surface area contributed by atoms with E-state index in [-0.39, 0.29) is 6.04 Å². The van der Waals surface area contributed by atoms with Gasteiger partial charge in [0.15, 0.2) is 5.96 Å². The SMILES string of the molecule is CCc1nncn1CCN=C(NC(C)COC)NC1CCc2ccccc2C1. The summed E-state index contributed by atoms with van der Waals surface area (Å²) in [7, 11) is 1.72. The summed E-state index contributed by atoms with van der Waals surface area (Å²) < 4.78 is 7.33. The Morgan fingerprint density at radius 1 is 1.36 bits per heavy atom. The highest BCUT2D eigenvalue weighted by Crippen LogP contribution is 2.20. The maximum Gasteiger partial charge on any atom is 0.191 e. The van der Waals surface area contributed by atoms with Crippen molar-refractivity contribution in [1.82, 2.24) is 25.4 Å². The van der Waals surface area contributed by atoms with Gasteiger partial charge in [-0.05, 0) is 37.3 Å². The summed E-state index contributed by atoms with van der Waals surface area (Å²) in [5, 5.41) is 15.2. The lowest BCUT2D eigenvalue weighted by molar-refractivity contribution is 0.178. The fourth-order valence-corrected chi connectivity index (χ4v) is 3.68. The van der Waals surface area contributed by atoms with Crippen LogP contribution in [0.2, 0.25) is 0 Å². The molecule has 1 aromatic carbocycles. The Morgan fingerprint density at radius 3 is 2.96 bits per heavy atom. The molecule has 2 N–H and O–H groups in total. The van der Waals surface area contributed by atoms with Gasteiger partial charge in [-0.1, -0.05) is 31.2 Å². The Morgan fingerprint density at radius 2 is 2.18 bits per heavy atom. The van der Waals surface area contributed by atoms with Crippen LogP contribution in [0.3, 0.4) is 0 Å². The highest BCUT2D eigenvalue weighted by molar-refractivity contribution is 5.80. The van der Waals surface area contributed by atoms with E-state index < -0.39 is 0 Å². The standard InChI is InChI=1S/C21H32N6O/c1-4-20-26-23-15-27(20)12-11-22-21(24-16(2)14-28-3)25-19-10-9-17-7-5-6-8-18(17)13-19/h5-8,15-16,19H,4,9-14H2,1-3H3,(H2,22,24,25). The third-order valence-electron chi connectivity index (χ3n) is 5.11. The number of aromatic nitrogens is 3. The van der Waals surface area contributed by atoms with Gasteiger partial charge in [0, 0.05) is 32.2 Å². The summed E-state index contributed by atoms with van der Waals surface area (Å²) in [6, 6.07) is 9.30. The zero-order valence-corrected chi connectivity index (χ0v) is 17.2. The number of nitrogens with one attached hydrogen (secondary N) is 2. The summed E-state index contributed by atoms with van der Waals surface area (Å²) in [5.74, 6) is 1.84. The fourth-order valence-electron chi connectivity index (χ4n) is 3.68. The normalized spacial score (nSPS) is 17.8. The molecule has 0 spiro atoms. The number of benzene rings is 1. The first-order chi connectivity index (χ1) is 13.7. The molecule has 7 nitrogen and oxygen atoms in total. The minimum Gasteiger partial charge on any atom is -0.383 e. The molecule has 1 heterocycles. The molecule has 0 fully saturated rings. The zero-order valence-electron chi connectivity index (χ0n) is 17.2. The average Bonchev–Trinajstić information content (AvgIpc) is 3.15. The molecule has 1 aromatic heterocycles. The first-order valence-electron chi connectivity index (χ1n) is 10.2. The maximum absolute atomic E-state index is 5.27. The van der Waals surface area contributed by atoms with Crippen molar-refractivity contribution in [3.8, 4) is 0 Å². The molecule has 7 heteroatoms. The van der Waals surface area contributed by atoms with E-state index in [0.29, 0.717) is 19.2 Å². The zero-order chi connectivity index (χ0) is 19.8. The second-order valence-corrected chi connectivity index (χ2v) is 7.38. The lowest BCUT2D eigenvalue weighted by Gasteiger charge is -2.28. The second kappa shape index (κ2) is 10.2. The molecular formula is C21H32N6O. The minimum absolute atomic E-state index is 0.188. The van der Waals surface area contributed by atoms with E-state index in [1.807, 2.05) is 0 Å². The van der Waals surface area contributed by atoms with E-state index in [1.54, 1.807) is 13.4 Å². The van der Waals surface area contributed by atoms with Crippen molar-refractivity contribution in [2.75, 3.05) is 20.3 Å². The van der Waals surface area contributed by atoms with Crippen LogP contribution in [0.5, 0.6) is 0 Å². The smallest absolute Gasteiger partial charge is 0.191 e. The molecule has 2 atom stereocenters. The number of hydrogen-bond donors (Lipinski definition) is 2. The number of nitrogens with zero attached hydrogens (tertiary/aromatic N) is 4. The van der Waals surface area contributed by atoms with E-state index >= 15 is 0 Å². The number of methoxy groups -OCH3 is 1. The summed E-state index contributed by atoms with van der Waals surface area (Å²) in [5.41, 5.74) is 2.91. The van der Waals surface area contributed by atoms with Crippen molar-refractivity contribution in [1.29, 1.82) is 0 Å². The Hall–Kier alpha value is -2.41. The maximum atomic E-state index is 5.27. The second-order valence-electron chi connectivity index (χ2n) is 7.38. The van der Waals surface area contributed by atoms with Crippen LogP contribution >= 0.6 is 0 Å². The van der Waals surface area contributed by atoms with Gasteiger partial charge in [0.05, 0.1) is 13.2 Å². The molecule has 0 bridgehead atoms. The van der Waals surface area contributed by atoms with Gasteiger partial charge >= 0.3 is 0 Å². The van der Waals surface area contributed by atoms with E-state index in [2.05, 4.69) is 63.5 Å². The van der Waals surface area contributed by atoms with Crippen molar-refractivity contribution in [3.63, 3.8) is 0 Å². The fraction of sp³-hybridized carbons (Fsp3) is 0.571. The quantitative estimate of drug-likeness (QED) is 0.538. The van der Waals surface area contributed by atoms with Crippen molar-refractivity contribution in [2.24, 2.45) is 4.99 Å². The third kappa shape index (κ3) is 5.55. The van der Waals surface area contributed by atoms with Crippen LogP contribution in [0, 0.1) is 0 Å². The number of aliphatic imine (C=N–C) groups is 1. The molecule has 0 aliphatic heterocycles. The first kappa shape index (κ1) is 20.3. The number of ether oxygens (including phenoxy) is 1. The molecule has 0 saturated heterocycles. The van der Waals surface area contributed by atoms with Crippen LogP contribution in [-0.2, 0) is 30.5 Å². The summed E-state index contributed by atoms with van der Waals surface area (Å²) >= 11 is 0. The average molecular weight is 385 g/mol. The monoisotopic (exact) mass is 384 g/mol. The molecule has 0 amide bonds.